The van der Waals surface area contributed by atoms with Gasteiger partial charge in [-0.2, -0.15) is 0 Å². The number of hydrogen-bond donors (Lipinski definition) is 1. The van der Waals surface area contributed by atoms with E-state index in [2.05, 4.69) is 5.32 Å². The van der Waals surface area contributed by atoms with Gasteiger partial charge in [-0.15, -0.1) is 0 Å². The molecule has 5 heteroatoms. The van der Waals surface area contributed by atoms with Gasteiger partial charge in [-0.25, -0.2) is 8.78 Å². The Morgan fingerprint density at radius 1 is 1.14 bits per heavy atom. The highest BCUT2D eigenvalue weighted by atomic mass is 35.5. The highest BCUT2D eigenvalue weighted by Gasteiger charge is 2.16. The maximum absolute atomic E-state index is 13.3. The van der Waals surface area contributed by atoms with E-state index in [1.807, 2.05) is 0 Å². The number of ether oxygens (including phenoxy) is 1. The largest absolute Gasteiger partial charge is 0.496 e. The van der Waals surface area contributed by atoms with Crippen LogP contribution in [0, 0.1) is 11.6 Å². The summed E-state index contributed by atoms with van der Waals surface area (Å²) < 4.78 is 31.9. The molecule has 0 heterocycles. The third-order valence-corrected chi connectivity index (χ3v) is 3.51. The van der Waals surface area contributed by atoms with Crippen LogP contribution >= 0.6 is 11.6 Å². The van der Waals surface area contributed by atoms with E-state index >= 15 is 0 Å². The van der Waals surface area contributed by atoms with E-state index in [0.717, 1.165) is 11.6 Å². The number of rotatable bonds is 5. The molecule has 21 heavy (non-hydrogen) atoms. The van der Waals surface area contributed by atoms with Gasteiger partial charge in [0.05, 0.1) is 7.11 Å². The molecule has 1 N–H and O–H groups in total. The molecular weight excluding hydrogens is 296 g/mol. The van der Waals surface area contributed by atoms with Gasteiger partial charge in [0.2, 0.25) is 0 Å². The molecule has 1 unspecified atom stereocenters. The van der Waals surface area contributed by atoms with E-state index in [4.69, 9.17) is 16.3 Å². The zero-order valence-corrected chi connectivity index (χ0v) is 12.5. The standard InChI is InChI=1S/C16H16ClF2NO/c1-20-15(7-10-5-12(18)9-13(19)6-10)14-8-11(17)3-4-16(14)21-2/h3-6,8-9,15,20H,7H2,1-2H3. The lowest BCUT2D eigenvalue weighted by Gasteiger charge is -2.20. The zero-order valence-electron chi connectivity index (χ0n) is 11.8. The molecule has 1 atom stereocenters. The van der Waals surface area contributed by atoms with Gasteiger partial charge in [-0.3, -0.25) is 0 Å². The Morgan fingerprint density at radius 3 is 2.38 bits per heavy atom. The summed E-state index contributed by atoms with van der Waals surface area (Å²) in [6, 6.07) is 8.64. The Labute approximate surface area is 127 Å². The van der Waals surface area contributed by atoms with E-state index in [1.165, 1.54) is 12.1 Å². The van der Waals surface area contributed by atoms with E-state index < -0.39 is 11.6 Å². The Bertz CT molecular complexity index is 613. The molecule has 2 nitrogen and oxygen atoms in total. The third kappa shape index (κ3) is 3.93. The fourth-order valence-corrected chi connectivity index (χ4v) is 2.49. The zero-order chi connectivity index (χ0) is 15.4. The van der Waals surface area contributed by atoms with E-state index in [9.17, 15) is 8.78 Å². The first kappa shape index (κ1) is 15.7. The molecule has 0 saturated carbocycles. The van der Waals surface area contributed by atoms with Crippen LogP contribution < -0.4 is 10.1 Å². The topological polar surface area (TPSA) is 21.3 Å². The predicted molar refractivity (Wildman–Crippen MR) is 79.9 cm³/mol. The molecule has 0 aliphatic rings. The number of likely N-dealkylation sites (N-methyl/N-ethyl adjacent to an activating group) is 1. The Kier molecular flexibility index (Phi) is 5.15. The summed E-state index contributed by atoms with van der Waals surface area (Å²) in [4.78, 5) is 0. The molecule has 2 aromatic carbocycles. The van der Waals surface area contributed by atoms with Gasteiger partial charge in [0, 0.05) is 22.7 Å². The maximum atomic E-state index is 13.3. The Balaban J connectivity index is 2.33. The minimum absolute atomic E-state index is 0.167. The molecule has 0 amide bonds. The second-order valence-corrected chi connectivity index (χ2v) is 5.15. The van der Waals surface area contributed by atoms with Gasteiger partial charge < -0.3 is 10.1 Å². The van der Waals surface area contributed by atoms with Crippen molar-refractivity contribution in [3.05, 3.63) is 64.2 Å². The Hall–Kier alpha value is -1.65. The summed E-state index contributed by atoms with van der Waals surface area (Å²) in [7, 11) is 3.35. The number of hydrogen-bond acceptors (Lipinski definition) is 2. The quantitative estimate of drug-likeness (QED) is 0.896. The van der Waals surface area contributed by atoms with Crippen LogP contribution in [0.5, 0.6) is 5.75 Å². The molecule has 112 valence electrons. The minimum Gasteiger partial charge on any atom is -0.496 e. The molecule has 0 fully saturated rings. The molecule has 0 spiro atoms. The highest BCUT2D eigenvalue weighted by Crippen LogP contribution is 2.30. The van der Waals surface area contributed by atoms with Crippen molar-refractivity contribution in [3.63, 3.8) is 0 Å². The van der Waals surface area contributed by atoms with Gasteiger partial charge in [0.15, 0.2) is 0 Å². The first-order valence-electron chi connectivity index (χ1n) is 6.49. The van der Waals surface area contributed by atoms with Crippen LogP contribution in [0.1, 0.15) is 17.2 Å². The monoisotopic (exact) mass is 311 g/mol. The first-order chi connectivity index (χ1) is 10.0. The van der Waals surface area contributed by atoms with Crippen molar-refractivity contribution in [1.29, 1.82) is 0 Å². The lowest BCUT2D eigenvalue weighted by Crippen LogP contribution is -2.19. The summed E-state index contributed by atoms with van der Waals surface area (Å²) in [5, 5.41) is 3.70. The van der Waals surface area contributed by atoms with Crippen LogP contribution in [-0.4, -0.2) is 14.2 Å². The second-order valence-electron chi connectivity index (χ2n) is 4.71. The summed E-state index contributed by atoms with van der Waals surface area (Å²) in [5.41, 5.74) is 1.41. The van der Waals surface area contributed by atoms with Crippen LogP contribution in [0.25, 0.3) is 0 Å². The Morgan fingerprint density at radius 2 is 1.81 bits per heavy atom. The van der Waals surface area contributed by atoms with E-state index in [1.54, 1.807) is 32.4 Å². The summed E-state index contributed by atoms with van der Waals surface area (Å²) >= 11 is 6.02. The molecular formula is C16H16ClF2NO. The average molecular weight is 312 g/mol. The van der Waals surface area contributed by atoms with Crippen molar-refractivity contribution < 1.29 is 13.5 Å². The lowest BCUT2D eigenvalue weighted by molar-refractivity contribution is 0.401. The lowest BCUT2D eigenvalue weighted by atomic mass is 9.98. The fourth-order valence-electron chi connectivity index (χ4n) is 2.31. The van der Waals surface area contributed by atoms with Crippen molar-refractivity contribution >= 4 is 11.6 Å². The number of halogens is 3. The maximum Gasteiger partial charge on any atom is 0.126 e. The number of nitrogens with one attached hydrogen (secondary N) is 1. The molecule has 0 radical (unpaired) electrons. The molecule has 0 bridgehead atoms. The summed E-state index contributed by atoms with van der Waals surface area (Å²) in [6.45, 7) is 0. The smallest absolute Gasteiger partial charge is 0.126 e. The number of benzene rings is 2. The number of methoxy groups -OCH3 is 1. The second kappa shape index (κ2) is 6.87. The van der Waals surface area contributed by atoms with Crippen molar-refractivity contribution in [2.24, 2.45) is 0 Å². The van der Waals surface area contributed by atoms with Crippen molar-refractivity contribution in [1.82, 2.24) is 5.32 Å². The summed E-state index contributed by atoms with van der Waals surface area (Å²) in [6.07, 6.45) is 0.419. The molecule has 2 aromatic rings. The fraction of sp³-hybridized carbons (Fsp3) is 0.250. The third-order valence-electron chi connectivity index (χ3n) is 3.28. The van der Waals surface area contributed by atoms with E-state index in [0.29, 0.717) is 22.8 Å². The normalized spacial score (nSPS) is 12.2. The van der Waals surface area contributed by atoms with Crippen LogP contribution in [0.4, 0.5) is 8.78 Å². The van der Waals surface area contributed by atoms with Crippen molar-refractivity contribution in [3.8, 4) is 5.75 Å². The van der Waals surface area contributed by atoms with Gasteiger partial charge >= 0.3 is 0 Å². The average Bonchev–Trinajstić information content (AvgIpc) is 2.43. The molecule has 0 saturated heterocycles. The minimum atomic E-state index is -0.585. The van der Waals surface area contributed by atoms with Gasteiger partial charge in [-0.1, -0.05) is 11.6 Å². The SMILES string of the molecule is CNC(Cc1cc(F)cc(F)c1)c1cc(Cl)ccc1OC. The van der Waals surface area contributed by atoms with Crippen LogP contribution in [0.15, 0.2) is 36.4 Å². The van der Waals surface area contributed by atoms with E-state index in [-0.39, 0.29) is 6.04 Å². The van der Waals surface area contributed by atoms with Crippen LogP contribution in [0.2, 0.25) is 5.02 Å². The van der Waals surface area contributed by atoms with Gasteiger partial charge in [0.1, 0.15) is 17.4 Å². The highest BCUT2D eigenvalue weighted by molar-refractivity contribution is 6.30. The van der Waals surface area contributed by atoms with Crippen LogP contribution in [0.3, 0.4) is 0 Å². The summed E-state index contributed by atoms with van der Waals surface area (Å²) in [5.74, 6) is -0.494. The predicted octanol–water partition coefficient (Wildman–Crippen LogP) is 4.13. The molecule has 0 aliphatic carbocycles. The van der Waals surface area contributed by atoms with Gasteiger partial charge in [0.25, 0.3) is 0 Å². The first-order valence-corrected chi connectivity index (χ1v) is 6.87. The molecule has 0 aromatic heterocycles. The van der Waals surface area contributed by atoms with Crippen molar-refractivity contribution in [2.75, 3.05) is 14.2 Å². The molecule has 2 rings (SSSR count). The molecule has 0 aliphatic heterocycles. The van der Waals surface area contributed by atoms with Crippen molar-refractivity contribution in [2.45, 2.75) is 12.5 Å². The van der Waals surface area contributed by atoms with Gasteiger partial charge in [-0.05, 0) is 49.4 Å². The van der Waals surface area contributed by atoms with Crippen LogP contribution in [-0.2, 0) is 6.42 Å².